The second-order valence-corrected chi connectivity index (χ2v) is 7.50. The van der Waals surface area contributed by atoms with Gasteiger partial charge in [0, 0.05) is 17.8 Å². The Labute approximate surface area is 160 Å². The van der Waals surface area contributed by atoms with E-state index in [1.807, 2.05) is 11.0 Å². The normalized spacial score (nSPS) is 19.3. The van der Waals surface area contributed by atoms with E-state index in [2.05, 4.69) is 27.4 Å². The van der Waals surface area contributed by atoms with Crippen LogP contribution in [0.25, 0.3) is 0 Å². The van der Waals surface area contributed by atoms with Gasteiger partial charge in [-0.25, -0.2) is 9.97 Å². The van der Waals surface area contributed by atoms with Crippen LogP contribution in [0.1, 0.15) is 53.0 Å². The van der Waals surface area contributed by atoms with Crippen molar-refractivity contribution >= 4 is 11.7 Å². The number of fused-ring (bicyclic) bond motifs is 1. The minimum Gasteiger partial charge on any atom is -0.384 e. The van der Waals surface area contributed by atoms with Crippen LogP contribution in [0.4, 0.5) is 5.82 Å². The number of aryl methyl sites for hydroxylation is 2. The highest BCUT2D eigenvalue weighted by Gasteiger charge is 2.27. The zero-order valence-electron chi connectivity index (χ0n) is 15.7. The van der Waals surface area contributed by atoms with E-state index in [-0.39, 0.29) is 11.9 Å². The average molecular weight is 365 g/mol. The number of carbonyl (C=O) groups excluding carboxylic acids is 1. The molecule has 1 unspecified atom stereocenters. The van der Waals surface area contributed by atoms with Crippen molar-refractivity contribution < 1.29 is 4.79 Å². The highest BCUT2D eigenvalue weighted by Crippen LogP contribution is 2.25. The highest BCUT2D eigenvalue weighted by atomic mass is 16.2. The van der Waals surface area contributed by atoms with Gasteiger partial charge in [0.1, 0.15) is 11.6 Å². The molecule has 4 rings (SSSR count). The van der Waals surface area contributed by atoms with Gasteiger partial charge in [-0.2, -0.15) is 0 Å². The predicted molar refractivity (Wildman–Crippen MR) is 105 cm³/mol. The first-order chi connectivity index (χ1) is 13.2. The van der Waals surface area contributed by atoms with Gasteiger partial charge in [-0.1, -0.05) is 6.07 Å². The first-order valence-corrected chi connectivity index (χ1v) is 9.91. The Morgan fingerprint density at radius 3 is 2.93 bits per heavy atom. The van der Waals surface area contributed by atoms with Crippen molar-refractivity contribution in [2.45, 2.75) is 51.1 Å². The Balaban J connectivity index is 1.62. The van der Waals surface area contributed by atoms with Crippen molar-refractivity contribution in [1.82, 2.24) is 20.2 Å². The van der Waals surface area contributed by atoms with E-state index in [0.29, 0.717) is 18.2 Å². The Hall–Kier alpha value is -2.47. The molecule has 0 bridgehead atoms. The van der Waals surface area contributed by atoms with E-state index in [1.165, 1.54) is 17.5 Å². The molecule has 1 atom stereocenters. The van der Waals surface area contributed by atoms with Crippen molar-refractivity contribution in [3.63, 3.8) is 0 Å². The number of nitrogens with zero attached hydrogens (tertiary/aromatic N) is 3. The van der Waals surface area contributed by atoms with E-state index in [1.54, 1.807) is 12.3 Å². The van der Waals surface area contributed by atoms with Crippen LogP contribution in [0.5, 0.6) is 0 Å². The first kappa shape index (κ1) is 17.9. The number of benzene rings is 1. The fourth-order valence-electron chi connectivity index (χ4n) is 4.19. The molecule has 1 aromatic carbocycles. The number of hydrogen-bond acceptors (Lipinski definition) is 5. The summed E-state index contributed by atoms with van der Waals surface area (Å²) < 4.78 is 0. The maximum Gasteiger partial charge on any atom is 0.254 e. The Morgan fingerprint density at radius 2 is 2.04 bits per heavy atom. The molecule has 2 aliphatic rings. The number of nitrogen functional groups attached to an aromatic ring is 1. The summed E-state index contributed by atoms with van der Waals surface area (Å²) >= 11 is 0. The van der Waals surface area contributed by atoms with Crippen LogP contribution >= 0.6 is 0 Å². The summed E-state index contributed by atoms with van der Waals surface area (Å²) in [7, 11) is 0. The van der Waals surface area contributed by atoms with E-state index in [4.69, 9.17) is 5.73 Å². The molecule has 6 heteroatoms. The number of amides is 1. The Bertz CT molecular complexity index is 814. The number of hydrogen-bond donors (Lipinski definition) is 2. The van der Waals surface area contributed by atoms with Crippen LogP contribution in [0, 0.1) is 0 Å². The summed E-state index contributed by atoms with van der Waals surface area (Å²) in [6.45, 7) is 2.33. The molecule has 1 aromatic heterocycles. The van der Waals surface area contributed by atoms with Gasteiger partial charge in [0.15, 0.2) is 0 Å². The standard InChI is InChI=1S/C21H27N5O/c22-19-9-12-24-20(25-19)14-26(18-5-2-10-23-11-8-18)21(27)17-7-6-15-3-1-4-16(15)13-17/h6-7,9,12-13,18,23H,1-5,8,10-11,14H2,(H2,22,24,25). The average Bonchev–Trinajstić information content (AvgIpc) is 2.98. The van der Waals surface area contributed by atoms with Crippen molar-refractivity contribution in [3.05, 3.63) is 53.0 Å². The molecule has 27 heavy (non-hydrogen) atoms. The van der Waals surface area contributed by atoms with E-state index in [0.717, 1.165) is 50.8 Å². The fraction of sp³-hybridized carbons (Fsp3) is 0.476. The number of aromatic nitrogens is 2. The Morgan fingerprint density at radius 1 is 1.15 bits per heavy atom. The predicted octanol–water partition coefficient (Wildman–Crippen LogP) is 2.33. The maximum absolute atomic E-state index is 13.5. The van der Waals surface area contributed by atoms with Crippen LogP contribution in [-0.2, 0) is 19.4 Å². The van der Waals surface area contributed by atoms with Gasteiger partial charge in [0.2, 0.25) is 0 Å². The van der Waals surface area contributed by atoms with Crippen molar-refractivity contribution in [2.24, 2.45) is 0 Å². The lowest BCUT2D eigenvalue weighted by Crippen LogP contribution is -2.41. The van der Waals surface area contributed by atoms with Crippen LogP contribution < -0.4 is 11.1 Å². The van der Waals surface area contributed by atoms with E-state index in [9.17, 15) is 4.79 Å². The molecular weight excluding hydrogens is 338 g/mol. The molecule has 2 aromatic rings. The Kier molecular flexibility index (Phi) is 5.34. The van der Waals surface area contributed by atoms with Crippen LogP contribution in [0.2, 0.25) is 0 Å². The van der Waals surface area contributed by atoms with Crippen LogP contribution in [0.3, 0.4) is 0 Å². The van der Waals surface area contributed by atoms with Gasteiger partial charge in [-0.3, -0.25) is 4.79 Å². The third-order valence-electron chi connectivity index (χ3n) is 5.63. The largest absolute Gasteiger partial charge is 0.384 e. The zero-order chi connectivity index (χ0) is 18.6. The topological polar surface area (TPSA) is 84.1 Å². The van der Waals surface area contributed by atoms with E-state index < -0.39 is 0 Å². The summed E-state index contributed by atoms with van der Waals surface area (Å²) in [6.07, 6.45) is 8.04. The van der Waals surface area contributed by atoms with Crippen LogP contribution in [-0.4, -0.2) is 39.9 Å². The zero-order valence-corrected chi connectivity index (χ0v) is 15.7. The molecule has 2 heterocycles. The molecule has 3 N–H and O–H groups in total. The number of nitrogens with one attached hydrogen (secondary N) is 1. The lowest BCUT2D eigenvalue weighted by molar-refractivity contribution is 0.0639. The summed E-state index contributed by atoms with van der Waals surface area (Å²) in [5, 5.41) is 3.43. The third-order valence-corrected chi connectivity index (χ3v) is 5.63. The molecule has 0 spiro atoms. The van der Waals surface area contributed by atoms with Crippen molar-refractivity contribution in [3.8, 4) is 0 Å². The van der Waals surface area contributed by atoms with Gasteiger partial charge in [-0.05, 0) is 80.9 Å². The second kappa shape index (κ2) is 8.05. The van der Waals surface area contributed by atoms with Crippen LogP contribution in [0.15, 0.2) is 30.5 Å². The number of carbonyl (C=O) groups is 1. The summed E-state index contributed by atoms with van der Waals surface area (Å²) in [5.41, 5.74) is 9.30. The molecular formula is C21H27N5O. The van der Waals surface area contributed by atoms with Crippen molar-refractivity contribution in [1.29, 1.82) is 0 Å². The van der Waals surface area contributed by atoms with E-state index >= 15 is 0 Å². The smallest absolute Gasteiger partial charge is 0.254 e. The third kappa shape index (κ3) is 4.11. The minimum absolute atomic E-state index is 0.0719. The highest BCUT2D eigenvalue weighted by molar-refractivity contribution is 5.94. The molecule has 1 fully saturated rings. The molecule has 1 aliphatic heterocycles. The molecule has 1 amide bonds. The van der Waals surface area contributed by atoms with Gasteiger partial charge in [-0.15, -0.1) is 0 Å². The lowest BCUT2D eigenvalue weighted by Gasteiger charge is -2.31. The molecule has 0 saturated carbocycles. The second-order valence-electron chi connectivity index (χ2n) is 7.50. The number of rotatable bonds is 4. The fourth-order valence-corrected chi connectivity index (χ4v) is 4.19. The first-order valence-electron chi connectivity index (χ1n) is 9.91. The monoisotopic (exact) mass is 365 g/mol. The molecule has 0 radical (unpaired) electrons. The van der Waals surface area contributed by atoms with Gasteiger partial charge < -0.3 is 16.0 Å². The summed E-state index contributed by atoms with van der Waals surface area (Å²) in [5.74, 6) is 1.11. The molecule has 142 valence electrons. The number of anilines is 1. The lowest BCUT2D eigenvalue weighted by atomic mass is 10.0. The SMILES string of the molecule is Nc1ccnc(CN(C(=O)c2ccc3c(c2)CCC3)C2CCCNCC2)n1. The minimum atomic E-state index is 0.0719. The number of nitrogens with two attached hydrogens (primary N) is 1. The summed E-state index contributed by atoms with van der Waals surface area (Å²) in [4.78, 5) is 24.1. The van der Waals surface area contributed by atoms with Gasteiger partial charge in [0.05, 0.1) is 6.54 Å². The maximum atomic E-state index is 13.5. The molecule has 1 aliphatic carbocycles. The van der Waals surface area contributed by atoms with Gasteiger partial charge in [0.25, 0.3) is 5.91 Å². The molecule has 1 saturated heterocycles. The molecule has 6 nitrogen and oxygen atoms in total. The summed E-state index contributed by atoms with van der Waals surface area (Å²) in [6, 6.07) is 8.05. The van der Waals surface area contributed by atoms with Crippen molar-refractivity contribution in [2.75, 3.05) is 18.8 Å². The quantitative estimate of drug-likeness (QED) is 0.869. The van der Waals surface area contributed by atoms with Gasteiger partial charge >= 0.3 is 0 Å².